The molecule has 1 amide bonds. The van der Waals surface area contributed by atoms with Crippen LogP contribution in [0.2, 0.25) is 0 Å². The number of nitrogens with one attached hydrogen (secondary N) is 1. The monoisotopic (exact) mass is 446 g/mol. The van der Waals surface area contributed by atoms with E-state index in [0.717, 1.165) is 24.3 Å². The molecule has 1 N–H and O–H groups in total. The van der Waals surface area contributed by atoms with Gasteiger partial charge in [0.1, 0.15) is 5.82 Å². The molecule has 3 heterocycles. The Morgan fingerprint density at radius 2 is 1.94 bits per heavy atom. The second-order valence-electron chi connectivity index (χ2n) is 9.53. The van der Waals surface area contributed by atoms with Crippen LogP contribution in [-0.2, 0) is 0 Å². The van der Waals surface area contributed by atoms with Gasteiger partial charge < -0.3 is 10.2 Å². The minimum atomic E-state index is -0.339. The van der Waals surface area contributed by atoms with Crippen LogP contribution >= 0.6 is 0 Å². The van der Waals surface area contributed by atoms with Crippen molar-refractivity contribution >= 4 is 28.2 Å². The first-order valence-electron chi connectivity index (χ1n) is 11.9. The maximum atomic E-state index is 13.6. The third kappa shape index (κ3) is 4.32. The van der Waals surface area contributed by atoms with Gasteiger partial charge in [0, 0.05) is 41.9 Å². The van der Waals surface area contributed by atoms with Crippen molar-refractivity contribution in [3.05, 3.63) is 65.1 Å². The van der Waals surface area contributed by atoms with Crippen LogP contribution in [0.15, 0.2) is 42.5 Å². The third-order valence-electron chi connectivity index (χ3n) is 7.27. The minimum absolute atomic E-state index is 0.230. The second-order valence-corrected chi connectivity index (χ2v) is 9.53. The number of halogens is 1. The first-order valence-corrected chi connectivity index (χ1v) is 11.9. The zero-order chi connectivity index (χ0) is 23.1. The van der Waals surface area contributed by atoms with Gasteiger partial charge in [0.2, 0.25) is 0 Å². The number of aryl methyl sites for hydroxylation is 2. The number of benzene rings is 2. The van der Waals surface area contributed by atoms with Gasteiger partial charge >= 0.3 is 0 Å². The van der Waals surface area contributed by atoms with Crippen molar-refractivity contribution in [2.45, 2.75) is 52.1 Å². The summed E-state index contributed by atoms with van der Waals surface area (Å²) in [4.78, 5) is 22.6. The van der Waals surface area contributed by atoms with Crippen molar-refractivity contribution in [1.29, 1.82) is 0 Å². The van der Waals surface area contributed by atoms with E-state index in [1.165, 1.54) is 43.6 Å². The molecule has 0 saturated carbocycles. The fourth-order valence-corrected chi connectivity index (χ4v) is 5.39. The van der Waals surface area contributed by atoms with E-state index in [1.807, 2.05) is 13.0 Å². The summed E-state index contributed by atoms with van der Waals surface area (Å²) in [6.07, 6.45) is 3.83. The van der Waals surface area contributed by atoms with Gasteiger partial charge in [0.25, 0.3) is 5.91 Å². The molecule has 2 aliphatic rings. The van der Waals surface area contributed by atoms with Crippen LogP contribution in [0.4, 0.5) is 15.8 Å². The topological polar surface area (TPSA) is 48.5 Å². The molecular weight excluding hydrogens is 415 g/mol. The molecule has 2 aliphatic heterocycles. The average Bonchev–Trinajstić information content (AvgIpc) is 3.43. The molecule has 3 aromatic rings. The van der Waals surface area contributed by atoms with Crippen molar-refractivity contribution in [3.63, 3.8) is 0 Å². The molecule has 0 bridgehead atoms. The van der Waals surface area contributed by atoms with E-state index in [-0.39, 0.29) is 11.7 Å². The summed E-state index contributed by atoms with van der Waals surface area (Å²) in [6.45, 7) is 9.53. The van der Waals surface area contributed by atoms with E-state index in [0.29, 0.717) is 34.2 Å². The molecular formula is C27H31FN4O. The van der Waals surface area contributed by atoms with Crippen molar-refractivity contribution in [2.75, 3.05) is 29.9 Å². The van der Waals surface area contributed by atoms with Gasteiger partial charge in [-0.15, -0.1) is 0 Å². The quantitative estimate of drug-likeness (QED) is 0.590. The molecule has 2 fully saturated rings. The largest absolute Gasteiger partial charge is 0.370 e. The highest BCUT2D eigenvalue weighted by Crippen LogP contribution is 2.30. The fourth-order valence-electron chi connectivity index (χ4n) is 5.39. The van der Waals surface area contributed by atoms with Crippen LogP contribution in [0.1, 0.15) is 47.8 Å². The standard InChI is InChI=1S/C27H31FN4O/c1-17-13-22(31-12-10-23(16-31)32-11-4-5-18(32)2)7-9-25(17)30-27(33)24-15-20-14-21(28)6-8-26(20)29-19(24)3/h6-9,13-15,18,23H,4-5,10-12,16H2,1-3H3,(H,30,33). The Balaban J connectivity index is 1.30. The number of nitrogens with zero attached hydrogens (tertiary/aromatic N) is 3. The highest BCUT2D eigenvalue weighted by Gasteiger charge is 2.33. The maximum Gasteiger partial charge on any atom is 0.257 e. The Hall–Kier alpha value is -2.99. The number of aromatic nitrogens is 1. The molecule has 2 saturated heterocycles. The third-order valence-corrected chi connectivity index (χ3v) is 7.27. The number of carbonyl (C=O) groups is 1. The molecule has 0 radical (unpaired) electrons. The Labute approximate surface area is 194 Å². The number of amides is 1. The molecule has 2 aromatic carbocycles. The Kier molecular flexibility index (Phi) is 5.79. The average molecular weight is 447 g/mol. The lowest BCUT2D eigenvalue weighted by atomic mass is 10.1. The summed E-state index contributed by atoms with van der Waals surface area (Å²) < 4.78 is 13.6. The molecule has 172 valence electrons. The van der Waals surface area contributed by atoms with Gasteiger partial charge in [-0.2, -0.15) is 0 Å². The summed E-state index contributed by atoms with van der Waals surface area (Å²) in [5.74, 6) is -0.569. The number of pyridine rings is 1. The lowest BCUT2D eigenvalue weighted by molar-refractivity contribution is 0.102. The molecule has 5 rings (SSSR count). The number of fused-ring (bicyclic) bond motifs is 1. The van der Waals surface area contributed by atoms with Crippen molar-refractivity contribution in [1.82, 2.24) is 9.88 Å². The number of rotatable bonds is 4. The molecule has 1 aromatic heterocycles. The van der Waals surface area contributed by atoms with E-state index >= 15 is 0 Å². The normalized spacial score (nSPS) is 21.2. The minimum Gasteiger partial charge on any atom is -0.370 e. The van der Waals surface area contributed by atoms with Gasteiger partial charge in [-0.3, -0.25) is 14.7 Å². The van der Waals surface area contributed by atoms with E-state index < -0.39 is 0 Å². The first-order chi connectivity index (χ1) is 15.9. The number of carbonyl (C=O) groups excluding carboxylic acids is 1. The van der Waals surface area contributed by atoms with Crippen molar-refractivity contribution < 1.29 is 9.18 Å². The molecule has 0 aliphatic carbocycles. The number of hydrogen-bond acceptors (Lipinski definition) is 4. The van der Waals surface area contributed by atoms with E-state index in [4.69, 9.17) is 0 Å². The molecule has 33 heavy (non-hydrogen) atoms. The number of likely N-dealkylation sites (tertiary alicyclic amines) is 1. The number of anilines is 2. The Morgan fingerprint density at radius 3 is 2.70 bits per heavy atom. The zero-order valence-electron chi connectivity index (χ0n) is 19.6. The predicted octanol–water partition coefficient (Wildman–Crippen LogP) is 5.31. The predicted molar refractivity (Wildman–Crippen MR) is 132 cm³/mol. The summed E-state index contributed by atoms with van der Waals surface area (Å²) in [7, 11) is 0. The summed E-state index contributed by atoms with van der Waals surface area (Å²) >= 11 is 0. The second kappa shape index (κ2) is 8.75. The van der Waals surface area contributed by atoms with Gasteiger partial charge in [-0.05, 0) is 94.6 Å². The molecule has 5 nitrogen and oxygen atoms in total. The fraction of sp³-hybridized carbons (Fsp3) is 0.407. The van der Waals surface area contributed by atoms with Crippen LogP contribution in [0, 0.1) is 19.7 Å². The zero-order valence-corrected chi connectivity index (χ0v) is 19.6. The van der Waals surface area contributed by atoms with Gasteiger partial charge in [0.15, 0.2) is 0 Å². The Bertz CT molecular complexity index is 1210. The van der Waals surface area contributed by atoms with Crippen LogP contribution in [0.5, 0.6) is 0 Å². The molecule has 2 atom stereocenters. The van der Waals surface area contributed by atoms with Gasteiger partial charge in [-0.25, -0.2) is 4.39 Å². The van der Waals surface area contributed by atoms with Crippen LogP contribution in [-0.4, -0.2) is 47.5 Å². The van der Waals surface area contributed by atoms with Gasteiger partial charge in [-0.1, -0.05) is 0 Å². The highest BCUT2D eigenvalue weighted by atomic mass is 19.1. The van der Waals surface area contributed by atoms with Crippen LogP contribution in [0.25, 0.3) is 10.9 Å². The molecule has 2 unspecified atom stereocenters. The van der Waals surface area contributed by atoms with E-state index in [1.54, 1.807) is 19.1 Å². The molecule has 6 heteroatoms. The summed E-state index contributed by atoms with van der Waals surface area (Å²) in [5, 5.41) is 3.64. The number of hydrogen-bond donors (Lipinski definition) is 1. The van der Waals surface area contributed by atoms with Crippen LogP contribution < -0.4 is 10.2 Å². The van der Waals surface area contributed by atoms with E-state index in [2.05, 4.69) is 39.2 Å². The Morgan fingerprint density at radius 1 is 1.09 bits per heavy atom. The SMILES string of the molecule is Cc1cc(N2CCC(N3CCCC3C)C2)ccc1NC(=O)c1cc2cc(F)ccc2nc1C. The lowest BCUT2D eigenvalue weighted by Crippen LogP contribution is -2.39. The summed E-state index contributed by atoms with van der Waals surface area (Å²) in [6, 6.07) is 13.7. The van der Waals surface area contributed by atoms with E-state index in [9.17, 15) is 9.18 Å². The summed E-state index contributed by atoms with van der Waals surface area (Å²) in [5.41, 5.74) is 4.78. The lowest BCUT2D eigenvalue weighted by Gasteiger charge is -2.28. The first kappa shape index (κ1) is 21.8. The smallest absolute Gasteiger partial charge is 0.257 e. The molecule has 0 spiro atoms. The maximum absolute atomic E-state index is 13.6. The van der Waals surface area contributed by atoms with Crippen molar-refractivity contribution in [3.8, 4) is 0 Å². The van der Waals surface area contributed by atoms with Gasteiger partial charge in [0.05, 0.1) is 16.8 Å². The van der Waals surface area contributed by atoms with Crippen molar-refractivity contribution in [2.24, 2.45) is 0 Å². The van der Waals surface area contributed by atoms with Crippen LogP contribution in [0.3, 0.4) is 0 Å². The highest BCUT2D eigenvalue weighted by molar-refractivity contribution is 6.07.